The van der Waals surface area contributed by atoms with Crippen LogP contribution in [0.15, 0.2) is 30.3 Å². The zero-order valence-electron chi connectivity index (χ0n) is 18.1. The molecule has 0 bridgehead atoms. The molecule has 4 rings (SSSR count). The average molecular weight is 435 g/mol. The van der Waals surface area contributed by atoms with Crippen LogP contribution in [0.5, 0.6) is 0 Å². The number of alkyl halides is 2. The van der Waals surface area contributed by atoms with Crippen molar-refractivity contribution in [3.8, 4) is 0 Å². The fourth-order valence-electron chi connectivity index (χ4n) is 4.58. The summed E-state index contributed by atoms with van der Waals surface area (Å²) in [5.74, 6) is -0.276. The molecule has 2 aliphatic rings. The zero-order valence-corrected chi connectivity index (χ0v) is 18.1. The minimum atomic E-state index is -2.53. The molecular formula is C23H29F3N4O. The van der Waals surface area contributed by atoms with E-state index in [4.69, 9.17) is 0 Å². The van der Waals surface area contributed by atoms with E-state index >= 15 is 0 Å². The maximum Gasteiger partial charge on any atom is 0.260 e. The second-order valence-corrected chi connectivity index (χ2v) is 9.63. The fourth-order valence-corrected chi connectivity index (χ4v) is 4.58. The number of benzene rings is 1. The molecule has 0 spiro atoms. The van der Waals surface area contributed by atoms with Crippen LogP contribution in [0, 0.1) is 11.7 Å². The lowest BCUT2D eigenvalue weighted by molar-refractivity contribution is 0.0502. The van der Waals surface area contributed by atoms with E-state index in [1.54, 1.807) is 17.0 Å². The molecule has 1 aromatic heterocycles. The summed E-state index contributed by atoms with van der Waals surface area (Å²) >= 11 is 0. The van der Waals surface area contributed by atoms with E-state index in [-0.39, 0.29) is 35.3 Å². The number of fused-ring (bicyclic) bond motifs is 1. The van der Waals surface area contributed by atoms with E-state index in [0.29, 0.717) is 18.9 Å². The molecule has 2 aromatic rings. The van der Waals surface area contributed by atoms with Gasteiger partial charge in [-0.05, 0) is 37.3 Å². The lowest BCUT2D eigenvalue weighted by Gasteiger charge is -2.41. The molecule has 1 fully saturated rings. The lowest BCUT2D eigenvalue weighted by Crippen LogP contribution is -2.48. The van der Waals surface area contributed by atoms with Crippen LogP contribution in [0.3, 0.4) is 0 Å². The highest BCUT2D eigenvalue weighted by atomic mass is 19.3. The Morgan fingerprint density at radius 3 is 2.68 bits per heavy atom. The van der Waals surface area contributed by atoms with Crippen molar-refractivity contribution in [2.45, 2.75) is 64.0 Å². The van der Waals surface area contributed by atoms with Gasteiger partial charge >= 0.3 is 0 Å². The summed E-state index contributed by atoms with van der Waals surface area (Å²) in [5, 5.41) is 7.87. The highest BCUT2D eigenvalue weighted by molar-refractivity contribution is 5.94. The van der Waals surface area contributed by atoms with Gasteiger partial charge in [-0.1, -0.05) is 32.9 Å². The van der Waals surface area contributed by atoms with Crippen LogP contribution in [-0.4, -0.2) is 46.1 Å². The molecule has 2 aliphatic heterocycles. The van der Waals surface area contributed by atoms with Gasteiger partial charge in [0.2, 0.25) is 0 Å². The van der Waals surface area contributed by atoms with Crippen molar-refractivity contribution in [2.24, 2.45) is 5.92 Å². The van der Waals surface area contributed by atoms with Crippen molar-refractivity contribution >= 4 is 11.7 Å². The van der Waals surface area contributed by atoms with Crippen LogP contribution in [-0.2, 0) is 5.41 Å². The van der Waals surface area contributed by atoms with Crippen LogP contribution < -0.4 is 5.32 Å². The van der Waals surface area contributed by atoms with Crippen molar-refractivity contribution in [1.29, 1.82) is 0 Å². The lowest BCUT2D eigenvalue weighted by atomic mass is 9.85. The maximum absolute atomic E-state index is 14.1. The van der Waals surface area contributed by atoms with Gasteiger partial charge in [0.25, 0.3) is 12.3 Å². The largest absolute Gasteiger partial charge is 0.367 e. The van der Waals surface area contributed by atoms with Crippen molar-refractivity contribution < 1.29 is 18.0 Å². The highest BCUT2D eigenvalue weighted by Crippen LogP contribution is 2.38. The summed E-state index contributed by atoms with van der Waals surface area (Å²) in [6, 6.07) is 6.60. The Labute approximate surface area is 180 Å². The van der Waals surface area contributed by atoms with E-state index in [2.05, 4.69) is 10.4 Å². The van der Waals surface area contributed by atoms with Gasteiger partial charge in [0.1, 0.15) is 17.7 Å². The van der Waals surface area contributed by atoms with E-state index in [9.17, 15) is 18.0 Å². The maximum atomic E-state index is 14.1. The molecule has 0 aliphatic carbocycles. The molecule has 1 saturated heterocycles. The topological polar surface area (TPSA) is 50.2 Å². The fraction of sp³-hybridized carbons (Fsp3) is 0.565. The first-order valence-electron chi connectivity index (χ1n) is 10.8. The second-order valence-electron chi connectivity index (χ2n) is 9.63. The number of likely N-dealkylation sites (tertiary alicyclic amines) is 1. The number of nitrogens with zero attached hydrogens (tertiary/aromatic N) is 3. The van der Waals surface area contributed by atoms with Gasteiger partial charge in [0.05, 0.1) is 11.3 Å². The average Bonchev–Trinajstić information content (AvgIpc) is 3.17. The molecule has 168 valence electrons. The molecular weight excluding hydrogens is 405 g/mol. The SMILES string of the molecule is CC(C)(C)c1cc2n(n1)[C@@H](C(F)F)C[C@@H]([C@@H]1CCCN(C(=O)c3ccccc3F)C1)N2. The number of carbonyl (C=O) groups is 1. The van der Waals surface area contributed by atoms with Crippen molar-refractivity contribution in [3.05, 3.63) is 47.4 Å². The minimum absolute atomic E-state index is 0.00691. The predicted molar refractivity (Wildman–Crippen MR) is 113 cm³/mol. The van der Waals surface area contributed by atoms with Crippen LogP contribution >= 0.6 is 0 Å². The Morgan fingerprint density at radius 1 is 1.26 bits per heavy atom. The number of carbonyl (C=O) groups excluding carboxylic acids is 1. The van der Waals surface area contributed by atoms with Gasteiger partial charge in [-0.25, -0.2) is 17.9 Å². The van der Waals surface area contributed by atoms with E-state index in [0.717, 1.165) is 18.5 Å². The van der Waals surface area contributed by atoms with E-state index in [1.807, 2.05) is 26.8 Å². The molecule has 0 radical (unpaired) electrons. The van der Waals surface area contributed by atoms with Crippen LogP contribution in [0.25, 0.3) is 0 Å². The monoisotopic (exact) mass is 434 g/mol. The molecule has 0 saturated carbocycles. The normalized spacial score (nSPS) is 24.1. The van der Waals surface area contributed by atoms with Gasteiger partial charge in [-0.2, -0.15) is 5.10 Å². The Morgan fingerprint density at radius 2 is 2.00 bits per heavy atom. The summed E-state index contributed by atoms with van der Waals surface area (Å²) in [4.78, 5) is 14.5. The number of anilines is 1. The smallest absolute Gasteiger partial charge is 0.260 e. The molecule has 1 amide bonds. The van der Waals surface area contributed by atoms with Gasteiger partial charge < -0.3 is 10.2 Å². The van der Waals surface area contributed by atoms with Crippen molar-refractivity contribution in [1.82, 2.24) is 14.7 Å². The number of hydrogen-bond donors (Lipinski definition) is 1. The molecule has 3 heterocycles. The van der Waals surface area contributed by atoms with Crippen LogP contribution in [0.4, 0.5) is 19.0 Å². The molecule has 1 aromatic carbocycles. The summed E-state index contributed by atoms with van der Waals surface area (Å²) in [7, 11) is 0. The highest BCUT2D eigenvalue weighted by Gasteiger charge is 2.39. The molecule has 8 heteroatoms. The van der Waals surface area contributed by atoms with Gasteiger partial charge in [0, 0.05) is 30.6 Å². The van der Waals surface area contributed by atoms with Crippen molar-refractivity contribution in [3.63, 3.8) is 0 Å². The number of piperidine rings is 1. The number of amides is 1. The number of aromatic nitrogens is 2. The first-order chi connectivity index (χ1) is 14.6. The number of halogens is 3. The first kappa shape index (κ1) is 21.7. The summed E-state index contributed by atoms with van der Waals surface area (Å²) in [6.45, 7) is 6.97. The van der Waals surface area contributed by atoms with Crippen LogP contribution in [0.1, 0.15) is 62.1 Å². The Kier molecular flexibility index (Phi) is 5.75. The van der Waals surface area contributed by atoms with Crippen molar-refractivity contribution in [2.75, 3.05) is 18.4 Å². The Balaban J connectivity index is 1.55. The Hall–Kier alpha value is -2.51. The number of nitrogens with one attached hydrogen (secondary N) is 1. The second kappa shape index (κ2) is 8.20. The standard InChI is InChI=1S/C23H29F3N4O/c1-23(2,3)19-12-20-27-17(11-18(21(25)26)30(20)28-19)14-7-6-10-29(13-14)22(31)15-8-4-5-9-16(15)24/h4-5,8-9,12,14,17-18,21,27H,6-7,10-11,13H2,1-3H3/t14-,17+,18-/m1/s1. The third-order valence-corrected chi connectivity index (χ3v) is 6.36. The van der Waals surface area contributed by atoms with Gasteiger partial charge in [0.15, 0.2) is 0 Å². The van der Waals surface area contributed by atoms with Crippen LogP contribution in [0.2, 0.25) is 0 Å². The first-order valence-corrected chi connectivity index (χ1v) is 10.8. The Bertz CT molecular complexity index is 953. The molecule has 31 heavy (non-hydrogen) atoms. The molecule has 3 atom stereocenters. The predicted octanol–water partition coefficient (Wildman–Crippen LogP) is 4.86. The minimum Gasteiger partial charge on any atom is -0.367 e. The molecule has 0 unspecified atom stereocenters. The van der Waals surface area contributed by atoms with Gasteiger partial charge in [-0.3, -0.25) is 4.79 Å². The molecule has 1 N–H and O–H groups in total. The number of hydrogen-bond acceptors (Lipinski definition) is 3. The van der Waals surface area contributed by atoms with Gasteiger partial charge in [-0.15, -0.1) is 0 Å². The third-order valence-electron chi connectivity index (χ3n) is 6.36. The third kappa shape index (κ3) is 4.29. The summed E-state index contributed by atoms with van der Waals surface area (Å²) in [6.07, 6.45) is -0.706. The summed E-state index contributed by atoms with van der Waals surface area (Å²) < 4.78 is 43.4. The van der Waals surface area contributed by atoms with E-state index in [1.165, 1.54) is 16.8 Å². The quantitative estimate of drug-likeness (QED) is 0.751. The zero-order chi connectivity index (χ0) is 22.3. The number of rotatable bonds is 3. The molecule has 5 nitrogen and oxygen atoms in total. The van der Waals surface area contributed by atoms with E-state index < -0.39 is 18.3 Å². The summed E-state index contributed by atoms with van der Waals surface area (Å²) in [5.41, 5.74) is 0.571.